The molecule has 4 rings (SSSR count). The Labute approximate surface area is 223 Å². The van der Waals surface area contributed by atoms with Crippen LogP contribution in [0.5, 0.6) is 5.75 Å². The zero-order valence-electron chi connectivity index (χ0n) is 22.6. The number of nitrogens with one attached hydrogen (secondary N) is 1. The van der Waals surface area contributed by atoms with Gasteiger partial charge in [-0.05, 0) is 87.6 Å². The number of fused-ring (bicyclic) bond motifs is 1. The minimum atomic E-state index is -0.476. The summed E-state index contributed by atoms with van der Waals surface area (Å²) < 4.78 is 5.71. The zero-order chi connectivity index (χ0) is 27.1. The molecule has 1 saturated heterocycles. The predicted molar refractivity (Wildman–Crippen MR) is 150 cm³/mol. The first-order valence-electron chi connectivity index (χ1n) is 12.6. The van der Waals surface area contributed by atoms with Crippen molar-refractivity contribution in [3.05, 3.63) is 57.5 Å². The van der Waals surface area contributed by atoms with Gasteiger partial charge in [0.25, 0.3) is 11.1 Å². The average molecular weight is 522 g/mol. The van der Waals surface area contributed by atoms with Crippen LogP contribution < -0.4 is 15.0 Å². The minimum absolute atomic E-state index is 0.0216. The van der Waals surface area contributed by atoms with Gasteiger partial charge in [0, 0.05) is 35.1 Å². The van der Waals surface area contributed by atoms with Crippen LogP contribution in [0.25, 0.3) is 6.08 Å². The lowest BCUT2D eigenvalue weighted by atomic mass is 9.79. The Bertz CT molecular complexity index is 1280. The summed E-state index contributed by atoms with van der Waals surface area (Å²) in [5, 5.41) is 2.39. The number of para-hydroxylation sites is 1. The molecule has 0 spiro atoms. The first-order chi connectivity index (χ1) is 17.5. The van der Waals surface area contributed by atoms with Crippen molar-refractivity contribution >= 4 is 46.3 Å². The molecule has 2 aromatic rings. The lowest BCUT2D eigenvalue weighted by molar-refractivity contribution is -0.127. The number of rotatable bonds is 6. The second-order valence-electron chi connectivity index (χ2n) is 10.4. The Kier molecular flexibility index (Phi) is 7.42. The van der Waals surface area contributed by atoms with E-state index in [4.69, 9.17) is 4.74 Å². The monoisotopic (exact) mass is 521 g/mol. The molecule has 0 aliphatic carbocycles. The fraction of sp³-hybridized carbons (Fsp3) is 0.414. The molecule has 0 aromatic heterocycles. The van der Waals surface area contributed by atoms with Crippen LogP contribution in [-0.2, 0) is 9.59 Å². The van der Waals surface area contributed by atoms with Crippen LogP contribution in [-0.4, -0.2) is 47.7 Å². The second-order valence-corrected chi connectivity index (χ2v) is 11.4. The van der Waals surface area contributed by atoms with E-state index in [0.29, 0.717) is 17.4 Å². The molecule has 1 N–H and O–H groups in total. The Morgan fingerprint density at radius 3 is 2.51 bits per heavy atom. The fourth-order valence-electron chi connectivity index (χ4n) is 5.53. The number of carbonyl (C=O) groups excluding carboxylic acids is 3. The highest BCUT2D eigenvalue weighted by Gasteiger charge is 2.38. The van der Waals surface area contributed by atoms with Gasteiger partial charge in [0.15, 0.2) is 0 Å². The molecule has 2 heterocycles. The topological polar surface area (TPSA) is 79.0 Å². The summed E-state index contributed by atoms with van der Waals surface area (Å²) in [6, 6.07) is 9.82. The van der Waals surface area contributed by atoms with Gasteiger partial charge in [-0.15, -0.1) is 0 Å². The predicted octanol–water partition coefficient (Wildman–Crippen LogP) is 6.10. The number of benzene rings is 2. The maximum atomic E-state index is 13.2. The van der Waals surface area contributed by atoms with E-state index in [1.165, 1.54) is 5.56 Å². The van der Waals surface area contributed by atoms with Gasteiger partial charge in [0.2, 0.25) is 5.91 Å². The van der Waals surface area contributed by atoms with Crippen LogP contribution in [0.3, 0.4) is 0 Å². The van der Waals surface area contributed by atoms with Crippen molar-refractivity contribution in [2.24, 2.45) is 0 Å². The summed E-state index contributed by atoms with van der Waals surface area (Å²) >= 11 is 0.846. The standard InChI is InChI=1S/C29H35N3O4S/c1-8-32-22-14-23(36-7)20(12-21(22)19(4)15-29(32,5)6)13-24-27(34)31(28(35)37-24)16-25(33)30-26-17(2)10-9-11-18(26)3/h9-14,19H,8,15-16H2,1-7H3,(H,30,33)/b24-13+. The summed E-state index contributed by atoms with van der Waals surface area (Å²) in [5.41, 5.74) is 5.63. The van der Waals surface area contributed by atoms with Crippen molar-refractivity contribution in [3.8, 4) is 5.75 Å². The van der Waals surface area contributed by atoms with E-state index in [1.807, 2.05) is 38.1 Å². The maximum absolute atomic E-state index is 13.2. The summed E-state index contributed by atoms with van der Waals surface area (Å²) in [7, 11) is 1.61. The number of amides is 3. The molecule has 2 aliphatic rings. The van der Waals surface area contributed by atoms with Crippen molar-refractivity contribution in [3.63, 3.8) is 0 Å². The third-order valence-electron chi connectivity index (χ3n) is 7.26. The van der Waals surface area contributed by atoms with Crippen LogP contribution in [0.4, 0.5) is 16.2 Å². The molecule has 37 heavy (non-hydrogen) atoms. The van der Waals surface area contributed by atoms with Gasteiger partial charge in [0.1, 0.15) is 12.3 Å². The molecule has 0 saturated carbocycles. The van der Waals surface area contributed by atoms with Gasteiger partial charge in [-0.2, -0.15) is 0 Å². The van der Waals surface area contributed by atoms with Crippen molar-refractivity contribution in [2.75, 3.05) is 30.4 Å². The number of anilines is 2. The molecule has 196 valence electrons. The molecule has 2 aliphatic heterocycles. The molecule has 2 aromatic carbocycles. The van der Waals surface area contributed by atoms with Crippen molar-refractivity contribution in [1.29, 1.82) is 0 Å². The van der Waals surface area contributed by atoms with Gasteiger partial charge >= 0.3 is 0 Å². The number of nitrogens with zero attached hydrogens (tertiary/aromatic N) is 2. The Morgan fingerprint density at radius 2 is 1.89 bits per heavy atom. The number of thioether (sulfide) groups is 1. The van der Waals surface area contributed by atoms with Crippen LogP contribution >= 0.6 is 11.8 Å². The highest BCUT2D eigenvalue weighted by Crippen LogP contribution is 2.46. The van der Waals surface area contributed by atoms with Crippen molar-refractivity contribution in [1.82, 2.24) is 4.90 Å². The largest absolute Gasteiger partial charge is 0.496 e. The Balaban J connectivity index is 1.60. The Hall–Kier alpha value is -3.26. The fourth-order valence-corrected chi connectivity index (χ4v) is 6.36. The first kappa shape index (κ1) is 26.8. The van der Waals surface area contributed by atoms with Gasteiger partial charge in [-0.25, -0.2) is 0 Å². The summed E-state index contributed by atoms with van der Waals surface area (Å²) in [6.45, 7) is 13.2. The molecular weight excluding hydrogens is 486 g/mol. The number of hydrogen-bond donors (Lipinski definition) is 1. The van der Waals surface area contributed by atoms with E-state index in [1.54, 1.807) is 13.2 Å². The summed E-state index contributed by atoms with van der Waals surface area (Å²) in [5.74, 6) is 0.0791. The lowest BCUT2D eigenvalue weighted by Gasteiger charge is -2.47. The molecule has 8 heteroatoms. The van der Waals surface area contributed by atoms with E-state index < -0.39 is 17.1 Å². The number of hydrogen-bond acceptors (Lipinski definition) is 6. The van der Waals surface area contributed by atoms with Crippen LogP contribution in [0.1, 0.15) is 62.3 Å². The molecule has 1 fully saturated rings. The van der Waals surface area contributed by atoms with Gasteiger partial charge < -0.3 is 15.0 Å². The highest BCUT2D eigenvalue weighted by atomic mass is 32.2. The summed E-state index contributed by atoms with van der Waals surface area (Å²) in [4.78, 5) is 42.3. The van der Waals surface area contributed by atoms with Crippen LogP contribution in [0.2, 0.25) is 0 Å². The van der Waals surface area contributed by atoms with E-state index in [-0.39, 0.29) is 17.0 Å². The number of imide groups is 1. The smallest absolute Gasteiger partial charge is 0.294 e. The molecule has 7 nitrogen and oxygen atoms in total. The van der Waals surface area contributed by atoms with Crippen LogP contribution in [0.15, 0.2) is 35.2 Å². The maximum Gasteiger partial charge on any atom is 0.294 e. The van der Waals surface area contributed by atoms with Gasteiger partial charge in [-0.1, -0.05) is 25.1 Å². The van der Waals surface area contributed by atoms with Gasteiger partial charge in [0.05, 0.1) is 12.0 Å². The Morgan fingerprint density at radius 1 is 1.22 bits per heavy atom. The minimum Gasteiger partial charge on any atom is -0.496 e. The number of aryl methyl sites for hydroxylation is 2. The van der Waals surface area contributed by atoms with E-state index in [0.717, 1.165) is 52.0 Å². The molecule has 3 amide bonds. The molecule has 0 bridgehead atoms. The number of carbonyl (C=O) groups is 3. The zero-order valence-corrected chi connectivity index (χ0v) is 23.4. The van der Waals surface area contributed by atoms with Gasteiger partial charge in [-0.3, -0.25) is 19.3 Å². The van der Waals surface area contributed by atoms with Crippen molar-refractivity contribution < 1.29 is 19.1 Å². The SMILES string of the molecule is CCN1c2cc(OC)c(/C=C3/SC(=O)N(CC(=O)Nc4c(C)cccc4C)C3=O)cc2C(C)CC1(C)C. The van der Waals surface area contributed by atoms with E-state index in [9.17, 15) is 14.4 Å². The second kappa shape index (κ2) is 10.2. The number of ether oxygens (including phenoxy) is 1. The number of methoxy groups -OCH3 is 1. The molecular formula is C29H35N3O4S. The van der Waals surface area contributed by atoms with Crippen LogP contribution in [0, 0.1) is 13.8 Å². The lowest BCUT2D eigenvalue weighted by Crippen LogP contribution is -2.48. The third-order valence-corrected chi connectivity index (χ3v) is 8.17. The quantitative estimate of drug-likeness (QED) is 0.463. The molecule has 0 radical (unpaired) electrons. The van der Waals surface area contributed by atoms with E-state index >= 15 is 0 Å². The third kappa shape index (κ3) is 5.12. The summed E-state index contributed by atoms with van der Waals surface area (Å²) in [6.07, 6.45) is 2.71. The average Bonchev–Trinajstić information content (AvgIpc) is 3.08. The molecule has 1 unspecified atom stereocenters. The van der Waals surface area contributed by atoms with E-state index in [2.05, 4.69) is 44.0 Å². The van der Waals surface area contributed by atoms with Crippen molar-refractivity contribution in [2.45, 2.75) is 59.4 Å². The highest BCUT2D eigenvalue weighted by molar-refractivity contribution is 8.18. The normalized spacial score (nSPS) is 19.9. The first-order valence-corrected chi connectivity index (χ1v) is 13.4. The molecule has 1 atom stereocenters.